The summed E-state index contributed by atoms with van der Waals surface area (Å²) < 4.78 is 1.11. The Kier molecular flexibility index (Phi) is 1.86. The van der Waals surface area contributed by atoms with Crippen molar-refractivity contribution >= 4 is 37.7 Å². The molecule has 2 aromatic carbocycles. The molecule has 0 aliphatic carbocycles. The van der Waals surface area contributed by atoms with Crippen molar-refractivity contribution in [1.82, 2.24) is 4.98 Å². The zero-order valence-corrected chi connectivity index (χ0v) is 9.93. The lowest BCUT2D eigenvalue weighted by Gasteiger charge is -1.93. The SMILES string of the molecule is Cc1ccc2[nH]c3cc(Br)ccc3c2c1. The van der Waals surface area contributed by atoms with E-state index in [4.69, 9.17) is 0 Å². The molecule has 0 atom stereocenters. The zero-order chi connectivity index (χ0) is 10.4. The molecule has 0 aliphatic rings. The van der Waals surface area contributed by atoms with Crippen LogP contribution in [0.25, 0.3) is 21.8 Å². The van der Waals surface area contributed by atoms with Gasteiger partial charge in [0.1, 0.15) is 0 Å². The molecule has 15 heavy (non-hydrogen) atoms. The summed E-state index contributed by atoms with van der Waals surface area (Å²) in [7, 11) is 0. The van der Waals surface area contributed by atoms with E-state index in [0.717, 1.165) is 4.47 Å². The van der Waals surface area contributed by atoms with E-state index in [-0.39, 0.29) is 0 Å². The molecule has 0 unspecified atom stereocenters. The third-order valence-corrected chi connectivity index (χ3v) is 3.21. The van der Waals surface area contributed by atoms with E-state index in [1.54, 1.807) is 0 Å². The van der Waals surface area contributed by atoms with E-state index in [2.05, 4.69) is 64.2 Å². The second-order valence-electron chi connectivity index (χ2n) is 3.86. The van der Waals surface area contributed by atoms with Crippen LogP contribution in [-0.4, -0.2) is 4.98 Å². The molecule has 0 saturated carbocycles. The largest absolute Gasteiger partial charge is 0.354 e. The van der Waals surface area contributed by atoms with Gasteiger partial charge in [0.05, 0.1) is 0 Å². The van der Waals surface area contributed by atoms with Gasteiger partial charge in [-0.15, -0.1) is 0 Å². The summed E-state index contributed by atoms with van der Waals surface area (Å²) in [5.74, 6) is 0. The number of hydrogen-bond acceptors (Lipinski definition) is 0. The lowest BCUT2D eigenvalue weighted by molar-refractivity contribution is 1.48. The van der Waals surface area contributed by atoms with Crippen molar-refractivity contribution in [3.05, 3.63) is 46.4 Å². The molecule has 3 aromatic rings. The molecule has 0 aliphatic heterocycles. The first kappa shape index (κ1) is 8.98. The van der Waals surface area contributed by atoms with Gasteiger partial charge in [-0.2, -0.15) is 0 Å². The van der Waals surface area contributed by atoms with E-state index in [1.165, 1.54) is 27.4 Å². The molecular formula is C13H10BrN. The highest BCUT2D eigenvalue weighted by atomic mass is 79.9. The van der Waals surface area contributed by atoms with Crippen molar-refractivity contribution < 1.29 is 0 Å². The van der Waals surface area contributed by atoms with Gasteiger partial charge in [-0.1, -0.05) is 33.6 Å². The van der Waals surface area contributed by atoms with E-state index >= 15 is 0 Å². The molecule has 1 heterocycles. The number of aryl methyl sites for hydroxylation is 1. The lowest BCUT2D eigenvalue weighted by Crippen LogP contribution is -1.70. The molecule has 0 bridgehead atoms. The van der Waals surface area contributed by atoms with Gasteiger partial charge >= 0.3 is 0 Å². The minimum Gasteiger partial charge on any atom is -0.354 e. The number of benzene rings is 2. The minimum atomic E-state index is 1.11. The van der Waals surface area contributed by atoms with Crippen molar-refractivity contribution in [3.63, 3.8) is 0 Å². The van der Waals surface area contributed by atoms with Crippen LogP contribution in [0, 0.1) is 6.92 Å². The number of hydrogen-bond donors (Lipinski definition) is 1. The molecule has 0 spiro atoms. The van der Waals surface area contributed by atoms with Gasteiger partial charge in [0.15, 0.2) is 0 Å². The van der Waals surface area contributed by atoms with Crippen molar-refractivity contribution in [3.8, 4) is 0 Å². The highest BCUT2D eigenvalue weighted by Gasteiger charge is 2.03. The Hall–Kier alpha value is -1.28. The summed E-state index contributed by atoms with van der Waals surface area (Å²) in [6, 6.07) is 12.8. The summed E-state index contributed by atoms with van der Waals surface area (Å²) >= 11 is 3.48. The third kappa shape index (κ3) is 1.37. The number of fused-ring (bicyclic) bond motifs is 3. The van der Waals surface area contributed by atoms with Crippen LogP contribution in [0.2, 0.25) is 0 Å². The van der Waals surface area contributed by atoms with Gasteiger partial charge in [-0.25, -0.2) is 0 Å². The van der Waals surface area contributed by atoms with Gasteiger partial charge in [-0.05, 0) is 31.2 Å². The van der Waals surface area contributed by atoms with Crippen molar-refractivity contribution in [2.75, 3.05) is 0 Å². The molecule has 0 amide bonds. The van der Waals surface area contributed by atoms with Gasteiger partial charge in [0, 0.05) is 26.3 Å². The van der Waals surface area contributed by atoms with Gasteiger partial charge in [-0.3, -0.25) is 0 Å². The van der Waals surface area contributed by atoms with Crippen LogP contribution in [0.15, 0.2) is 40.9 Å². The topological polar surface area (TPSA) is 15.8 Å². The van der Waals surface area contributed by atoms with Crippen molar-refractivity contribution in [2.45, 2.75) is 6.92 Å². The first-order valence-electron chi connectivity index (χ1n) is 4.92. The maximum atomic E-state index is 3.48. The quantitative estimate of drug-likeness (QED) is 0.617. The van der Waals surface area contributed by atoms with Crippen LogP contribution >= 0.6 is 15.9 Å². The first-order chi connectivity index (χ1) is 7.24. The molecule has 74 valence electrons. The minimum absolute atomic E-state index is 1.11. The first-order valence-corrected chi connectivity index (χ1v) is 5.71. The van der Waals surface area contributed by atoms with Crippen LogP contribution in [0.3, 0.4) is 0 Å². The van der Waals surface area contributed by atoms with Crippen LogP contribution in [0.5, 0.6) is 0 Å². The molecule has 0 radical (unpaired) electrons. The Morgan fingerprint density at radius 3 is 2.67 bits per heavy atom. The summed E-state index contributed by atoms with van der Waals surface area (Å²) in [5, 5.41) is 2.59. The molecule has 1 N–H and O–H groups in total. The number of H-pyrrole nitrogens is 1. The Labute approximate surface area is 96.2 Å². The summed E-state index contributed by atoms with van der Waals surface area (Å²) in [6.07, 6.45) is 0. The van der Waals surface area contributed by atoms with E-state index in [1.807, 2.05) is 0 Å². The van der Waals surface area contributed by atoms with E-state index < -0.39 is 0 Å². The Balaban J connectivity index is 2.53. The lowest BCUT2D eigenvalue weighted by atomic mass is 10.1. The average molecular weight is 260 g/mol. The fraction of sp³-hybridized carbons (Fsp3) is 0.0769. The Morgan fingerprint density at radius 2 is 1.80 bits per heavy atom. The fourth-order valence-electron chi connectivity index (χ4n) is 1.99. The van der Waals surface area contributed by atoms with Crippen LogP contribution in [-0.2, 0) is 0 Å². The van der Waals surface area contributed by atoms with E-state index in [9.17, 15) is 0 Å². The monoisotopic (exact) mass is 259 g/mol. The summed E-state index contributed by atoms with van der Waals surface area (Å²) in [6.45, 7) is 2.12. The molecule has 1 nitrogen and oxygen atoms in total. The highest BCUT2D eigenvalue weighted by Crippen LogP contribution is 2.28. The predicted molar refractivity (Wildman–Crippen MR) is 68.2 cm³/mol. The normalized spacial score (nSPS) is 11.3. The van der Waals surface area contributed by atoms with Crippen LogP contribution in [0.4, 0.5) is 0 Å². The van der Waals surface area contributed by atoms with Crippen LogP contribution in [0.1, 0.15) is 5.56 Å². The molecule has 1 aromatic heterocycles. The van der Waals surface area contributed by atoms with E-state index in [0.29, 0.717) is 0 Å². The number of nitrogens with one attached hydrogen (secondary N) is 1. The maximum Gasteiger partial charge on any atom is 0.0476 e. The smallest absolute Gasteiger partial charge is 0.0476 e. The van der Waals surface area contributed by atoms with Crippen molar-refractivity contribution in [1.29, 1.82) is 0 Å². The Morgan fingerprint density at radius 1 is 0.933 bits per heavy atom. The second-order valence-corrected chi connectivity index (χ2v) is 4.78. The maximum absolute atomic E-state index is 3.48. The number of aromatic nitrogens is 1. The molecule has 2 heteroatoms. The molecule has 3 rings (SSSR count). The zero-order valence-electron chi connectivity index (χ0n) is 8.34. The number of aromatic amines is 1. The Bertz CT molecular complexity index is 652. The van der Waals surface area contributed by atoms with Gasteiger partial charge in [0.2, 0.25) is 0 Å². The predicted octanol–water partition coefficient (Wildman–Crippen LogP) is 4.39. The fourth-order valence-corrected chi connectivity index (χ4v) is 2.35. The summed E-state index contributed by atoms with van der Waals surface area (Å²) in [4.78, 5) is 3.42. The average Bonchev–Trinajstić information content (AvgIpc) is 2.54. The van der Waals surface area contributed by atoms with Crippen LogP contribution < -0.4 is 0 Å². The standard InChI is InChI=1S/C13H10BrN/c1-8-2-5-12-11(6-8)10-4-3-9(14)7-13(10)15-12/h2-7,15H,1H3. The summed E-state index contributed by atoms with van der Waals surface area (Å²) in [5.41, 5.74) is 3.69. The van der Waals surface area contributed by atoms with Crippen molar-refractivity contribution in [2.24, 2.45) is 0 Å². The molecular weight excluding hydrogens is 250 g/mol. The highest BCUT2D eigenvalue weighted by molar-refractivity contribution is 9.10. The number of rotatable bonds is 0. The second kappa shape index (κ2) is 3.11. The molecule has 0 saturated heterocycles. The molecule has 0 fully saturated rings. The van der Waals surface area contributed by atoms with Gasteiger partial charge < -0.3 is 4.98 Å². The number of halogens is 1. The third-order valence-electron chi connectivity index (χ3n) is 2.72. The van der Waals surface area contributed by atoms with Gasteiger partial charge in [0.25, 0.3) is 0 Å².